The van der Waals surface area contributed by atoms with Gasteiger partial charge in [0.05, 0.1) is 6.04 Å². The first-order valence-electron chi connectivity index (χ1n) is 12.7. The number of rotatable bonds is 15. The second-order valence-corrected chi connectivity index (χ2v) is 9.32. The number of unbranched alkanes of at least 4 members (excludes halogenated alkanes) is 1. The molecule has 0 heterocycles. The van der Waals surface area contributed by atoms with E-state index in [2.05, 4.69) is 16.0 Å². The van der Waals surface area contributed by atoms with Gasteiger partial charge in [0.2, 0.25) is 17.7 Å². The number of hydrogen-bond acceptors (Lipinski definition) is 8. The van der Waals surface area contributed by atoms with E-state index in [4.69, 9.17) is 11.5 Å². The highest BCUT2D eigenvalue weighted by Crippen LogP contribution is 2.13. The van der Waals surface area contributed by atoms with E-state index in [0.29, 0.717) is 36.9 Å². The van der Waals surface area contributed by atoms with Crippen LogP contribution in [-0.4, -0.2) is 69.7 Å². The maximum atomic E-state index is 13.1. The zero-order valence-electron chi connectivity index (χ0n) is 21.8. The Kier molecular flexibility index (Phi) is 12.2. The Balaban J connectivity index is 2.07. The molecule has 12 heteroatoms. The summed E-state index contributed by atoms with van der Waals surface area (Å²) < 4.78 is 0. The third kappa shape index (κ3) is 10.6. The minimum absolute atomic E-state index is 0.0245. The summed E-state index contributed by atoms with van der Waals surface area (Å²) in [6, 6.07) is 7.63. The van der Waals surface area contributed by atoms with Crippen LogP contribution in [0.2, 0.25) is 0 Å². The van der Waals surface area contributed by atoms with Crippen molar-refractivity contribution in [2.75, 3.05) is 6.54 Å². The van der Waals surface area contributed by atoms with Crippen molar-refractivity contribution in [1.82, 2.24) is 16.0 Å². The predicted octanol–water partition coefficient (Wildman–Crippen LogP) is -0.102. The molecule has 0 aliphatic carbocycles. The third-order valence-electron chi connectivity index (χ3n) is 6.06. The first-order chi connectivity index (χ1) is 18.5. The molecule has 0 fully saturated rings. The molecular formula is C27H37N5O7. The van der Waals surface area contributed by atoms with E-state index in [1.54, 1.807) is 24.3 Å². The second kappa shape index (κ2) is 15.3. The van der Waals surface area contributed by atoms with Crippen LogP contribution in [0.1, 0.15) is 37.3 Å². The molecule has 39 heavy (non-hydrogen) atoms. The van der Waals surface area contributed by atoms with Crippen LogP contribution in [0.15, 0.2) is 48.5 Å². The number of phenolic OH excluding ortho intramolecular Hbond substituents is 2. The molecular weight excluding hydrogens is 506 g/mol. The van der Waals surface area contributed by atoms with Crippen molar-refractivity contribution >= 4 is 23.7 Å². The van der Waals surface area contributed by atoms with Gasteiger partial charge in [0.25, 0.3) is 0 Å². The maximum Gasteiger partial charge on any atom is 0.326 e. The molecule has 2 rings (SSSR count). The molecule has 0 saturated carbocycles. The van der Waals surface area contributed by atoms with Crippen molar-refractivity contribution in [3.8, 4) is 11.5 Å². The molecule has 4 unspecified atom stereocenters. The molecule has 0 aliphatic rings. The van der Waals surface area contributed by atoms with E-state index in [-0.39, 0.29) is 24.3 Å². The summed E-state index contributed by atoms with van der Waals surface area (Å²) in [5.41, 5.74) is 12.7. The van der Waals surface area contributed by atoms with Crippen LogP contribution in [0.25, 0.3) is 0 Å². The van der Waals surface area contributed by atoms with Gasteiger partial charge in [-0.1, -0.05) is 30.7 Å². The zero-order chi connectivity index (χ0) is 28.9. The van der Waals surface area contributed by atoms with Gasteiger partial charge >= 0.3 is 5.97 Å². The van der Waals surface area contributed by atoms with Crippen LogP contribution in [0.5, 0.6) is 11.5 Å². The molecule has 2 aromatic carbocycles. The molecule has 2 aromatic rings. The van der Waals surface area contributed by atoms with Crippen molar-refractivity contribution in [1.29, 1.82) is 0 Å². The number of aromatic hydroxyl groups is 2. The van der Waals surface area contributed by atoms with Gasteiger partial charge < -0.3 is 42.7 Å². The monoisotopic (exact) mass is 543 g/mol. The van der Waals surface area contributed by atoms with Crippen LogP contribution in [0, 0.1) is 0 Å². The lowest BCUT2D eigenvalue weighted by molar-refractivity contribution is -0.142. The second-order valence-electron chi connectivity index (χ2n) is 9.32. The summed E-state index contributed by atoms with van der Waals surface area (Å²) in [5, 5.41) is 36.1. The van der Waals surface area contributed by atoms with Gasteiger partial charge in [0, 0.05) is 12.8 Å². The fraction of sp³-hybridized carbons (Fsp3) is 0.407. The molecule has 0 radical (unpaired) electrons. The summed E-state index contributed by atoms with van der Waals surface area (Å²) in [4.78, 5) is 50.3. The molecule has 0 bridgehead atoms. The third-order valence-corrected chi connectivity index (χ3v) is 6.06. The normalized spacial score (nSPS) is 13.9. The lowest BCUT2D eigenvalue weighted by atomic mass is 10.0. The van der Waals surface area contributed by atoms with Gasteiger partial charge in [-0.15, -0.1) is 0 Å². The predicted molar refractivity (Wildman–Crippen MR) is 144 cm³/mol. The van der Waals surface area contributed by atoms with E-state index >= 15 is 0 Å². The summed E-state index contributed by atoms with van der Waals surface area (Å²) in [5.74, 6) is -3.15. The van der Waals surface area contributed by atoms with Crippen molar-refractivity contribution in [3.05, 3.63) is 59.7 Å². The molecule has 0 aromatic heterocycles. The fourth-order valence-corrected chi connectivity index (χ4v) is 3.74. The molecule has 0 aliphatic heterocycles. The highest BCUT2D eigenvalue weighted by atomic mass is 16.4. The number of amides is 3. The van der Waals surface area contributed by atoms with Crippen LogP contribution < -0.4 is 27.4 Å². The Labute approximate surface area is 226 Å². The number of nitrogens with one attached hydrogen (secondary N) is 3. The molecule has 3 amide bonds. The summed E-state index contributed by atoms with van der Waals surface area (Å²) in [7, 11) is 0. The maximum absolute atomic E-state index is 13.1. The minimum atomic E-state index is -1.28. The first-order valence-corrected chi connectivity index (χ1v) is 12.7. The van der Waals surface area contributed by atoms with E-state index in [1.807, 2.05) is 0 Å². The number of carboxylic acid groups (broad SMARTS) is 1. The molecule has 10 N–H and O–H groups in total. The van der Waals surface area contributed by atoms with Crippen LogP contribution in [0.4, 0.5) is 0 Å². The Morgan fingerprint density at radius 3 is 1.72 bits per heavy atom. The number of carbonyl (C=O) groups is 4. The van der Waals surface area contributed by atoms with Crippen molar-refractivity contribution in [2.24, 2.45) is 11.5 Å². The summed E-state index contributed by atoms with van der Waals surface area (Å²) in [6.07, 6.45) is 1.75. The van der Waals surface area contributed by atoms with Crippen molar-refractivity contribution in [3.63, 3.8) is 0 Å². The smallest absolute Gasteiger partial charge is 0.326 e. The largest absolute Gasteiger partial charge is 0.508 e. The number of hydrogen-bond donors (Lipinski definition) is 8. The highest BCUT2D eigenvalue weighted by Gasteiger charge is 2.28. The molecule has 4 atom stereocenters. The van der Waals surface area contributed by atoms with E-state index in [0.717, 1.165) is 0 Å². The zero-order valence-corrected chi connectivity index (χ0v) is 21.8. The number of carbonyl (C=O) groups excluding carboxylic acids is 3. The molecule has 0 saturated heterocycles. The van der Waals surface area contributed by atoms with Crippen LogP contribution in [-0.2, 0) is 32.0 Å². The first kappa shape index (κ1) is 31.1. The van der Waals surface area contributed by atoms with E-state index < -0.39 is 47.9 Å². The Hall–Kier alpha value is -4.16. The Morgan fingerprint density at radius 2 is 1.23 bits per heavy atom. The number of phenols is 2. The topological polar surface area (TPSA) is 217 Å². The molecule has 0 spiro atoms. The Bertz CT molecular complexity index is 1110. The van der Waals surface area contributed by atoms with Gasteiger partial charge in [-0.3, -0.25) is 14.4 Å². The van der Waals surface area contributed by atoms with Gasteiger partial charge in [-0.25, -0.2) is 4.79 Å². The van der Waals surface area contributed by atoms with Gasteiger partial charge in [-0.05, 0) is 61.7 Å². The minimum Gasteiger partial charge on any atom is -0.508 e. The number of aliphatic carboxylic acids is 1. The molecule has 12 nitrogen and oxygen atoms in total. The Morgan fingerprint density at radius 1 is 0.744 bits per heavy atom. The molecule has 212 valence electrons. The van der Waals surface area contributed by atoms with Crippen LogP contribution >= 0.6 is 0 Å². The summed E-state index contributed by atoms with van der Waals surface area (Å²) in [6.45, 7) is 1.86. The highest BCUT2D eigenvalue weighted by molar-refractivity contribution is 5.94. The van der Waals surface area contributed by atoms with Gasteiger partial charge in [0.15, 0.2) is 0 Å². The number of nitrogens with two attached hydrogens (primary N) is 2. The van der Waals surface area contributed by atoms with Crippen molar-refractivity contribution in [2.45, 2.75) is 63.2 Å². The summed E-state index contributed by atoms with van der Waals surface area (Å²) >= 11 is 0. The quantitative estimate of drug-likeness (QED) is 0.140. The van der Waals surface area contributed by atoms with E-state index in [1.165, 1.54) is 31.2 Å². The van der Waals surface area contributed by atoms with Crippen LogP contribution in [0.3, 0.4) is 0 Å². The van der Waals surface area contributed by atoms with Gasteiger partial charge in [-0.2, -0.15) is 0 Å². The SMILES string of the molecule is CC(NC(=O)C(Cc1ccc(O)cc1)NC(=O)C(N)CCCCN)C(=O)NC(Cc1ccc(O)cc1)C(=O)O. The van der Waals surface area contributed by atoms with Gasteiger partial charge in [0.1, 0.15) is 29.6 Å². The van der Waals surface area contributed by atoms with E-state index in [9.17, 15) is 34.5 Å². The average Bonchev–Trinajstić information content (AvgIpc) is 2.90. The standard InChI is InChI=1S/C27H37N5O7/c1-16(24(35)32-23(27(38)39)15-18-7-11-20(34)12-8-18)30-26(37)22(14-17-5-9-19(33)10-6-17)31-25(36)21(29)4-2-3-13-28/h5-12,16,21-23,33-34H,2-4,13-15,28-29H2,1H3,(H,30,37)(H,31,36)(H,32,35)(H,38,39). The fourth-order valence-electron chi connectivity index (χ4n) is 3.74. The average molecular weight is 544 g/mol. The lowest BCUT2D eigenvalue weighted by Crippen LogP contribution is -2.57. The number of benzene rings is 2. The number of carboxylic acids is 1. The lowest BCUT2D eigenvalue weighted by Gasteiger charge is -2.24. The van der Waals surface area contributed by atoms with Crippen molar-refractivity contribution < 1.29 is 34.5 Å².